The van der Waals surface area contributed by atoms with Gasteiger partial charge in [-0.3, -0.25) is 5.43 Å². The van der Waals surface area contributed by atoms with Crippen molar-refractivity contribution in [1.29, 1.82) is 0 Å². The molecule has 1 fully saturated rings. The zero-order chi connectivity index (χ0) is 14.5. The lowest BCUT2D eigenvalue weighted by Crippen LogP contribution is -2.50. The van der Waals surface area contributed by atoms with Crippen LogP contribution in [0.15, 0.2) is 23.6 Å². The van der Waals surface area contributed by atoms with Gasteiger partial charge in [0.05, 0.1) is 12.2 Å². The Kier molecular flexibility index (Phi) is 4.97. The van der Waals surface area contributed by atoms with Crippen LogP contribution in [0.25, 0.3) is 0 Å². The standard InChI is InChI=1S/C13H19N5OS/c1-9-7-18(8-10(2)19-9)13(20)17-16-11(3)12-14-5-4-6-15-12/h4-6,9-10H,7-8H2,1-3H3,(H,17,20). The molecule has 1 aromatic rings. The first kappa shape index (κ1) is 14.8. The average molecular weight is 293 g/mol. The number of hydrogen-bond donors (Lipinski definition) is 1. The van der Waals surface area contributed by atoms with E-state index in [9.17, 15) is 0 Å². The number of nitrogens with zero attached hydrogens (tertiary/aromatic N) is 4. The second-order valence-corrected chi connectivity index (χ2v) is 5.24. The number of aromatic nitrogens is 2. The smallest absolute Gasteiger partial charge is 0.189 e. The summed E-state index contributed by atoms with van der Waals surface area (Å²) in [6.07, 6.45) is 3.71. The first-order valence-corrected chi connectivity index (χ1v) is 6.99. The fraction of sp³-hybridized carbons (Fsp3) is 0.538. The van der Waals surface area contributed by atoms with Crippen molar-refractivity contribution >= 4 is 23.0 Å². The average Bonchev–Trinajstić information content (AvgIpc) is 2.44. The van der Waals surface area contributed by atoms with Gasteiger partial charge in [0, 0.05) is 25.5 Å². The minimum Gasteiger partial charge on any atom is -0.372 e. The van der Waals surface area contributed by atoms with Crippen molar-refractivity contribution < 1.29 is 4.74 Å². The predicted octanol–water partition coefficient (Wildman–Crippen LogP) is 1.18. The first-order valence-electron chi connectivity index (χ1n) is 6.58. The van der Waals surface area contributed by atoms with Crippen LogP contribution in [-0.2, 0) is 4.74 Å². The highest BCUT2D eigenvalue weighted by molar-refractivity contribution is 7.80. The fourth-order valence-corrected chi connectivity index (χ4v) is 2.28. The number of ether oxygens (including phenoxy) is 1. The molecule has 0 amide bonds. The Morgan fingerprint density at radius 2 is 1.95 bits per heavy atom. The lowest BCUT2D eigenvalue weighted by atomic mass is 10.2. The molecule has 1 aromatic heterocycles. The zero-order valence-electron chi connectivity index (χ0n) is 11.9. The molecule has 20 heavy (non-hydrogen) atoms. The minimum atomic E-state index is 0.168. The summed E-state index contributed by atoms with van der Waals surface area (Å²) in [5.41, 5.74) is 3.60. The minimum absolute atomic E-state index is 0.168. The maximum Gasteiger partial charge on any atom is 0.189 e. The van der Waals surface area contributed by atoms with Crippen molar-refractivity contribution in [2.45, 2.75) is 33.0 Å². The Morgan fingerprint density at radius 1 is 1.35 bits per heavy atom. The van der Waals surface area contributed by atoms with E-state index >= 15 is 0 Å². The van der Waals surface area contributed by atoms with Crippen molar-refractivity contribution in [3.63, 3.8) is 0 Å². The number of hydrogen-bond acceptors (Lipinski definition) is 5. The van der Waals surface area contributed by atoms with Crippen LogP contribution in [0.4, 0.5) is 0 Å². The van der Waals surface area contributed by atoms with E-state index in [0.29, 0.717) is 16.6 Å². The molecule has 0 aromatic carbocycles. The van der Waals surface area contributed by atoms with Crippen LogP contribution in [0.5, 0.6) is 0 Å². The normalized spacial score (nSPS) is 23.6. The Morgan fingerprint density at radius 3 is 2.55 bits per heavy atom. The summed E-state index contributed by atoms with van der Waals surface area (Å²) in [4.78, 5) is 10.3. The molecule has 2 unspecified atom stereocenters. The summed E-state index contributed by atoms with van der Waals surface area (Å²) >= 11 is 5.36. The van der Waals surface area contributed by atoms with Gasteiger partial charge in [-0.05, 0) is 39.1 Å². The predicted molar refractivity (Wildman–Crippen MR) is 81.6 cm³/mol. The van der Waals surface area contributed by atoms with Gasteiger partial charge in [-0.1, -0.05) is 0 Å². The molecule has 108 valence electrons. The quantitative estimate of drug-likeness (QED) is 0.502. The summed E-state index contributed by atoms with van der Waals surface area (Å²) < 4.78 is 5.68. The monoisotopic (exact) mass is 293 g/mol. The third-order valence-corrected chi connectivity index (χ3v) is 3.26. The van der Waals surface area contributed by atoms with E-state index in [1.54, 1.807) is 18.5 Å². The highest BCUT2D eigenvalue weighted by Gasteiger charge is 2.23. The Balaban J connectivity index is 1.94. The summed E-state index contributed by atoms with van der Waals surface area (Å²) in [6, 6.07) is 1.77. The largest absolute Gasteiger partial charge is 0.372 e. The van der Waals surface area contributed by atoms with Gasteiger partial charge in [-0.2, -0.15) is 5.10 Å². The lowest BCUT2D eigenvalue weighted by molar-refractivity contribution is -0.0481. The van der Waals surface area contributed by atoms with Gasteiger partial charge >= 0.3 is 0 Å². The van der Waals surface area contributed by atoms with Gasteiger partial charge < -0.3 is 9.64 Å². The van der Waals surface area contributed by atoms with E-state index in [1.165, 1.54) is 0 Å². The summed E-state index contributed by atoms with van der Waals surface area (Å²) in [6.45, 7) is 7.46. The summed E-state index contributed by atoms with van der Waals surface area (Å²) in [5, 5.41) is 4.84. The molecular formula is C13H19N5OS. The molecule has 1 aliphatic rings. The van der Waals surface area contributed by atoms with Gasteiger partial charge in [0.25, 0.3) is 0 Å². The molecule has 7 heteroatoms. The third-order valence-electron chi connectivity index (χ3n) is 2.92. The maximum absolute atomic E-state index is 5.68. The van der Waals surface area contributed by atoms with Crippen molar-refractivity contribution in [2.24, 2.45) is 5.10 Å². The van der Waals surface area contributed by atoms with E-state index in [2.05, 4.69) is 25.4 Å². The van der Waals surface area contributed by atoms with Crippen LogP contribution >= 0.6 is 12.2 Å². The summed E-state index contributed by atoms with van der Waals surface area (Å²) in [7, 11) is 0. The van der Waals surface area contributed by atoms with Gasteiger partial charge in [-0.25, -0.2) is 9.97 Å². The Hall–Kier alpha value is -1.60. The van der Waals surface area contributed by atoms with Crippen molar-refractivity contribution in [3.05, 3.63) is 24.3 Å². The molecule has 1 aliphatic heterocycles. The third kappa shape index (κ3) is 3.94. The van der Waals surface area contributed by atoms with Crippen molar-refractivity contribution in [3.8, 4) is 0 Å². The fourth-order valence-electron chi connectivity index (χ4n) is 2.08. The highest BCUT2D eigenvalue weighted by Crippen LogP contribution is 2.10. The number of nitrogens with one attached hydrogen (secondary N) is 1. The molecule has 2 heterocycles. The second kappa shape index (κ2) is 6.71. The van der Waals surface area contributed by atoms with Gasteiger partial charge in [0.15, 0.2) is 10.9 Å². The van der Waals surface area contributed by atoms with E-state index in [-0.39, 0.29) is 12.2 Å². The number of thiocarbonyl (C=S) groups is 1. The lowest BCUT2D eigenvalue weighted by Gasteiger charge is -2.36. The van der Waals surface area contributed by atoms with Crippen LogP contribution < -0.4 is 5.43 Å². The van der Waals surface area contributed by atoms with E-state index < -0.39 is 0 Å². The number of morpholine rings is 1. The maximum atomic E-state index is 5.68. The molecule has 2 atom stereocenters. The van der Waals surface area contributed by atoms with Gasteiger partial charge in [0.2, 0.25) is 0 Å². The van der Waals surface area contributed by atoms with Crippen molar-refractivity contribution in [1.82, 2.24) is 20.3 Å². The molecule has 1 N–H and O–H groups in total. The van der Waals surface area contributed by atoms with Crippen LogP contribution in [0.2, 0.25) is 0 Å². The molecular weight excluding hydrogens is 274 g/mol. The molecule has 2 rings (SSSR count). The van der Waals surface area contributed by atoms with E-state index in [0.717, 1.165) is 13.1 Å². The van der Waals surface area contributed by atoms with Crippen LogP contribution in [0.3, 0.4) is 0 Å². The second-order valence-electron chi connectivity index (χ2n) is 4.85. The SMILES string of the molecule is CC(=NNC(=S)N1CC(C)OC(C)C1)c1ncccn1. The van der Waals surface area contributed by atoms with Crippen LogP contribution in [-0.4, -0.2) is 51.0 Å². The van der Waals surface area contributed by atoms with E-state index in [4.69, 9.17) is 17.0 Å². The zero-order valence-corrected chi connectivity index (χ0v) is 12.7. The molecule has 0 spiro atoms. The first-order chi connectivity index (χ1) is 9.56. The topological polar surface area (TPSA) is 62.6 Å². The summed E-state index contributed by atoms with van der Waals surface area (Å²) in [5.74, 6) is 0.589. The Bertz CT molecular complexity index is 483. The highest BCUT2D eigenvalue weighted by atomic mass is 32.1. The molecule has 0 saturated carbocycles. The number of hydrazone groups is 1. The Labute approximate surface area is 124 Å². The van der Waals surface area contributed by atoms with Crippen LogP contribution in [0.1, 0.15) is 26.6 Å². The van der Waals surface area contributed by atoms with Gasteiger partial charge in [0.1, 0.15) is 5.71 Å². The molecule has 1 saturated heterocycles. The molecule has 6 nitrogen and oxygen atoms in total. The van der Waals surface area contributed by atoms with Crippen molar-refractivity contribution in [2.75, 3.05) is 13.1 Å². The number of rotatable bonds is 2. The van der Waals surface area contributed by atoms with Gasteiger partial charge in [-0.15, -0.1) is 0 Å². The molecule has 0 radical (unpaired) electrons. The molecule has 0 aliphatic carbocycles. The van der Waals surface area contributed by atoms with Crippen LogP contribution in [0, 0.1) is 0 Å². The molecule has 0 bridgehead atoms. The van der Waals surface area contributed by atoms with E-state index in [1.807, 2.05) is 20.8 Å².